The number of hydrogen-bond donors (Lipinski definition) is 2. The number of aromatic nitrogens is 2. The van der Waals surface area contributed by atoms with E-state index in [4.69, 9.17) is 4.74 Å². The van der Waals surface area contributed by atoms with E-state index in [1.807, 2.05) is 48.5 Å². The van der Waals surface area contributed by atoms with E-state index < -0.39 is 0 Å². The van der Waals surface area contributed by atoms with Gasteiger partial charge in [0.15, 0.2) is 0 Å². The smallest absolute Gasteiger partial charge is 0.322 e. The van der Waals surface area contributed by atoms with Gasteiger partial charge in [0, 0.05) is 17.6 Å². The van der Waals surface area contributed by atoms with E-state index in [1.54, 1.807) is 11.1 Å². The van der Waals surface area contributed by atoms with Crippen molar-refractivity contribution in [3.05, 3.63) is 60.3 Å². The molecule has 6 nitrogen and oxygen atoms in total. The summed E-state index contributed by atoms with van der Waals surface area (Å²) in [7, 11) is 0. The molecule has 2 amide bonds. The normalized spacial score (nSPS) is 17.8. The summed E-state index contributed by atoms with van der Waals surface area (Å²) in [6.07, 6.45) is 1.66. The molecule has 1 aliphatic rings. The highest BCUT2D eigenvalue weighted by atomic mass is 16.5. The van der Waals surface area contributed by atoms with Crippen LogP contribution in [0.5, 0.6) is 0 Å². The maximum Gasteiger partial charge on any atom is 0.322 e. The predicted octanol–water partition coefficient (Wildman–Crippen LogP) is 3.17. The van der Waals surface area contributed by atoms with Gasteiger partial charge in [-0.3, -0.25) is 5.10 Å². The zero-order valence-corrected chi connectivity index (χ0v) is 13.1. The van der Waals surface area contributed by atoms with E-state index in [0.29, 0.717) is 19.7 Å². The van der Waals surface area contributed by atoms with E-state index in [9.17, 15) is 4.79 Å². The van der Waals surface area contributed by atoms with E-state index in [1.165, 1.54) is 0 Å². The summed E-state index contributed by atoms with van der Waals surface area (Å²) in [6, 6.07) is 15.6. The lowest BCUT2D eigenvalue weighted by atomic mass is 10.1. The Kier molecular flexibility index (Phi) is 3.88. The second-order valence-corrected chi connectivity index (χ2v) is 5.82. The molecule has 1 saturated heterocycles. The first kappa shape index (κ1) is 14.7. The summed E-state index contributed by atoms with van der Waals surface area (Å²) in [6.45, 7) is 1.67. The Balaban J connectivity index is 1.45. The Hall–Kier alpha value is -2.86. The van der Waals surface area contributed by atoms with E-state index in [-0.39, 0.29) is 12.1 Å². The molecular weight excluding hydrogens is 304 g/mol. The molecule has 0 saturated carbocycles. The van der Waals surface area contributed by atoms with Crippen molar-refractivity contribution in [1.82, 2.24) is 15.1 Å². The molecule has 0 aliphatic carbocycles. The third-order valence-corrected chi connectivity index (χ3v) is 4.22. The van der Waals surface area contributed by atoms with Crippen LogP contribution in [0.2, 0.25) is 0 Å². The number of nitrogens with zero attached hydrogens (tertiary/aromatic N) is 2. The van der Waals surface area contributed by atoms with Crippen molar-refractivity contribution in [3.8, 4) is 0 Å². The Bertz CT molecular complexity index is 846. The molecule has 1 aliphatic heterocycles. The highest BCUT2D eigenvalue weighted by molar-refractivity contribution is 5.92. The number of rotatable bonds is 2. The van der Waals surface area contributed by atoms with Gasteiger partial charge in [-0.1, -0.05) is 30.3 Å². The summed E-state index contributed by atoms with van der Waals surface area (Å²) in [5.41, 5.74) is 2.80. The SMILES string of the molecule is O=C(Nc1ccc2[nH]ncc2c1)N1CCO[C@@H](c2ccccc2)C1. The molecule has 1 atom stereocenters. The second-order valence-electron chi connectivity index (χ2n) is 5.82. The number of amides is 2. The highest BCUT2D eigenvalue weighted by Crippen LogP contribution is 2.23. The predicted molar refractivity (Wildman–Crippen MR) is 91.8 cm³/mol. The van der Waals surface area contributed by atoms with Gasteiger partial charge in [0.1, 0.15) is 6.10 Å². The molecule has 6 heteroatoms. The molecule has 4 rings (SSSR count). The van der Waals surface area contributed by atoms with Gasteiger partial charge in [-0.15, -0.1) is 0 Å². The number of fused-ring (bicyclic) bond motifs is 1. The fourth-order valence-electron chi connectivity index (χ4n) is 2.93. The fourth-order valence-corrected chi connectivity index (χ4v) is 2.93. The average Bonchev–Trinajstić information content (AvgIpc) is 3.10. The Morgan fingerprint density at radius 1 is 1.25 bits per heavy atom. The summed E-state index contributed by atoms with van der Waals surface area (Å²) < 4.78 is 5.81. The van der Waals surface area contributed by atoms with Crippen molar-refractivity contribution in [1.29, 1.82) is 0 Å². The van der Waals surface area contributed by atoms with E-state index in [0.717, 1.165) is 22.2 Å². The van der Waals surface area contributed by atoms with E-state index >= 15 is 0 Å². The van der Waals surface area contributed by atoms with Crippen LogP contribution in [-0.2, 0) is 4.74 Å². The van der Waals surface area contributed by atoms with Crippen LogP contribution < -0.4 is 5.32 Å². The lowest BCUT2D eigenvalue weighted by Crippen LogP contribution is -2.44. The summed E-state index contributed by atoms with van der Waals surface area (Å²) in [4.78, 5) is 14.3. The van der Waals surface area contributed by atoms with Crippen molar-refractivity contribution < 1.29 is 9.53 Å². The number of carbonyl (C=O) groups excluding carboxylic acids is 1. The third kappa shape index (κ3) is 2.96. The first-order chi connectivity index (χ1) is 11.8. The highest BCUT2D eigenvalue weighted by Gasteiger charge is 2.25. The molecule has 0 spiro atoms. The lowest BCUT2D eigenvalue weighted by Gasteiger charge is -2.33. The summed E-state index contributed by atoms with van der Waals surface area (Å²) >= 11 is 0. The van der Waals surface area contributed by atoms with Gasteiger partial charge in [-0.05, 0) is 23.8 Å². The van der Waals surface area contributed by atoms with Gasteiger partial charge in [-0.2, -0.15) is 5.10 Å². The zero-order valence-electron chi connectivity index (χ0n) is 13.1. The first-order valence-electron chi connectivity index (χ1n) is 7.95. The molecule has 0 unspecified atom stereocenters. The molecule has 0 radical (unpaired) electrons. The number of morpholine rings is 1. The standard InChI is InChI=1S/C18H18N4O2/c23-18(20-15-6-7-16-14(10-15)11-19-21-16)22-8-9-24-17(12-22)13-4-2-1-3-5-13/h1-7,10-11,17H,8-9,12H2,(H,19,21)(H,20,23)/t17-/m1/s1. The van der Waals surface area contributed by atoms with Crippen LogP contribution in [0.3, 0.4) is 0 Å². The number of nitrogens with one attached hydrogen (secondary N) is 2. The van der Waals surface area contributed by atoms with Gasteiger partial charge in [0.25, 0.3) is 0 Å². The van der Waals surface area contributed by atoms with Gasteiger partial charge in [-0.25, -0.2) is 4.79 Å². The van der Waals surface area contributed by atoms with Crippen LogP contribution in [0.1, 0.15) is 11.7 Å². The number of H-pyrrole nitrogens is 1. The Labute approximate surface area is 139 Å². The van der Waals surface area contributed by atoms with Gasteiger partial charge < -0.3 is 15.0 Å². The Morgan fingerprint density at radius 2 is 2.12 bits per heavy atom. The number of ether oxygens (including phenoxy) is 1. The third-order valence-electron chi connectivity index (χ3n) is 4.22. The second kappa shape index (κ2) is 6.33. The minimum Gasteiger partial charge on any atom is -0.370 e. The minimum atomic E-state index is -0.109. The average molecular weight is 322 g/mol. The van der Waals surface area contributed by atoms with Gasteiger partial charge in [0.2, 0.25) is 0 Å². The molecule has 2 aromatic carbocycles. The molecule has 122 valence electrons. The monoisotopic (exact) mass is 322 g/mol. The molecular formula is C18H18N4O2. The summed E-state index contributed by atoms with van der Waals surface area (Å²) in [5.74, 6) is 0. The number of urea groups is 1. The molecule has 0 bridgehead atoms. The Morgan fingerprint density at radius 3 is 3.00 bits per heavy atom. The van der Waals surface area contributed by atoms with Gasteiger partial charge in [0.05, 0.1) is 24.9 Å². The van der Waals surface area contributed by atoms with Crippen LogP contribution in [0, 0.1) is 0 Å². The maximum atomic E-state index is 12.6. The first-order valence-corrected chi connectivity index (χ1v) is 7.95. The zero-order chi connectivity index (χ0) is 16.4. The number of hydrogen-bond acceptors (Lipinski definition) is 3. The number of carbonyl (C=O) groups is 1. The van der Waals surface area contributed by atoms with Crippen molar-refractivity contribution in [2.24, 2.45) is 0 Å². The van der Waals surface area contributed by atoms with Crippen molar-refractivity contribution in [2.75, 3.05) is 25.0 Å². The van der Waals surface area contributed by atoms with Crippen molar-refractivity contribution in [2.45, 2.75) is 6.10 Å². The van der Waals surface area contributed by atoms with Gasteiger partial charge >= 0.3 is 6.03 Å². The lowest BCUT2D eigenvalue weighted by molar-refractivity contribution is -0.0135. The fraction of sp³-hybridized carbons (Fsp3) is 0.222. The number of anilines is 1. The summed E-state index contributed by atoms with van der Waals surface area (Å²) in [5, 5.41) is 10.8. The molecule has 24 heavy (non-hydrogen) atoms. The number of aromatic amines is 1. The minimum absolute atomic E-state index is 0.0814. The van der Waals surface area contributed by atoms with Crippen LogP contribution >= 0.6 is 0 Å². The molecule has 2 N–H and O–H groups in total. The quantitative estimate of drug-likeness (QED) is 0.761. The topological polar surface area (TPSA) is 70.2 Å². The van der Waals surface area contributed by atoms with Crippen LogP contribution in [0.15, 0.2) is 54.7 Å². The van der Waals surface area contributed by atoms with Crippen LogP contribution in [0.4, 0.5) is 10.5 Å². The van der Waals surface area contributed by atoms with Crippen LogP contribution in [-0.4, -0.2) is 40.8 Å². The number of benzene rings is 2. The van der Waals surface area contributed by atoms with Crippen LogP contribution in [0.25, 0.3) is 10.9 Å². The largest absolute Gasteiger partial charge is 0.370 e. The molecule has 2 heterocycles. The molecule has 1 aromatic heterocycles. The maximum absolute atomic E-state index is 12.6. The van der Waals surface area contributed by atoms with E-state index in [2.05, 4.69) is 15.5 Å². The van der Waals surface area contributed by atoms with Crippen molar-refractivity contribution >= 4 is 22.6 Å². The molecule has 3 aromatic rings. The molecule has 1 fully saturated rings. The van der Waals surface area contributed by atoms with Crippen molar-refractivity contribution in [3.63, 3.8) is 0 Å².